The number of hydrogen-bond donors (Lipinski definition) is 8. The van der Waals surface area contributed by atoms with Crippen LogP contribution in [0.15, 0.2) is 4.99 Å². The molecule has 0 aliphatic carbocycles. The van der Waals surface area contributed by atoms with E-state index in [0.29, 0.717) is 6.42 Å². The van der Waals surface area contributed by atoms with Crippen LogP contribution in [0.5, 0.6) is 0 Å². The van der Waals surface area contributed by atoms with Gasteiger partial charge in [0.2, 0.25) is 17.7 Å². The first kappa shape index (κ1) is 23.5. The Kier molecular flexibility index (Phi) is 11.5. The van der Waals surface area contributed by atoms with Crippen molar-refractivity contribution in [1.82, 2.24) is 16.0 Å². The highest BCUT2D eigenvalue weighted by Gasteiger charge is 2.25. The zero-order valence-electron chi connectivity index (χ0n) is 14.1. The number of nitrogens with zero attached hydrogens (tertiary/aromatic N) is 1. The van der Waals surface area contributed by atoms with Crippen molar-refractivity contribution in [2.75, 3.05) is 25.4 Å². The van der Waals surface area contributed by atoms with Gasteiger partial charge in [-0.15, -0.1) is 0 Å². The van der Waals surface area contributed by atoms with Crippen molar-refractivity contribution in [2.45, 2.75) is 24.9 Å². The number of nitrogens with two attached hydrogens (primary N) is 3. The lowest BCUT2D eigenvalue weighted by Gasteiger charge is -2.20. The van der Waals surface area contributed by atoms with E-state index in [4.69, 9.17) is 22.3 Å². The highest BCUT2D eigenvalue weighted by Crippen LogP contribution is 2.00. The number of hydrogen-bond acceptors (Lipinski definition) is 7. The lowest BCUT2D eigenvalue weighted by atomic mass is 10.1. The number of aliphatic carboxylic acids is 1. The Morgan fingerprint density at radius 3 is 2.23 bits per heavy atom. The Morgan fingerprint density at radius 1 is 1.08 bits per heavy atom. The molecular weight excluding hydrogens is 366 g/mol. The second-order valence-electron chi connectivity index (χ2n) is 5.13. The van der Waals surface area contributed by atoms with Crippen LogP contribution in [-0.2, 0) is 19.2 Å². The number of carboxylic acids is 1. The first-order valence-corrected chi connectivity index (χ1v) is 8.30. The van der Waals surface area contributed by atoms with E-state index in [1.807, 2.05) is 0 Å². The average Bonchev–Trinajstić information content (AvgIpc) is 2.59. The minimum atomic E-state index is -1.26. The number of nitrogens with one attached hydrogen (secondary N) is 3. The third kappa shape index (κ3) is 10.4. The summed E-state index contributed by atoms with van der Waals surface area (Å²) in [5.41, 5.74) is 15.5. The van der Waals surface area contributed by atoms with Gasteiger partial charge in [0, 0.05) is 12.3 Å². The molecule has 26 heavy (non-hydrogen) atoms. The van der Waals surface area contributed by atoms with Crippen molar-refractivity contribution in [3.8, 4) is 0 Å². The van der Waals surface area contributed by atoms with Gasteiger partial charge in [0.25, 0.3) is 0 Å². The Balaban J connectivity index is 4.83. The minimum Gasteiger partial charge on any atom is -0.480 e. The molecular formula is C13H25N7O5S. The summed E-state index contributed by atoms with van der Waals surface area (Å²) in [6.45, 7) is -0.429. The molecule has 0 fully saturated rings. The molecule has 0 aliphatic heterocycles. The van der Waals surface area contributed by atoms with Gasteiger partial charge >= 0.3 is 5.97 Å². The number of thiol groups is 1. The normalized spacial score (nSPS) is 12.4. The number of carbonyl (C=O) groups is 4. The number of aliphatic imine (C=N–C) groups is 1. The van der Waals surface area contributed by atoms with E-state index in [2.05, 4.69) is 33.6 Å². The summed E-state index contributed by atoms with van der Waals surface area (Å²) in [5.74, 6) is -3.35. The molecule has 13 heteroatoms. The standard InChI is InChI=1S/C13H25N7O5S/c14-4-9(21)18-5-10(22)19-7(2-1-3-17-13(15)16)11(23)20-8(6-26)12(24)25/h7-8,26H,1-6,14H2,(H,18,21)(H,19,22)(H,20,23)(H,24,25)(H4,15,16,17). The van der Waals surface area contributed by atoms with Gasteiger partial charge in [-0.3, -0.25) is 19.4 Å². The van der Waals surface area contributed by atoms with Crippen LogP contribution < -0.4 is 33.2 Å². The number of carbonyl (C=O) groups excluding carboxylic acids is 3. The molecule has 0 saturated carbocycles. The van der Waals surface area contributed by atoms with Crippen molar-refractivity contribution in [2.24, 2.45) is 22.2 Å². The first-order chi connectivity index (χ1) is 12.2. The maximum absolute atomic E-state index is 12.3. The van der Waals surface area contributed by atoms with Crippen molar-refractivity contribution in [1.29, 1.82) is 0 Å². The van der Waals surface area contributed by atoms with E-state index in [0.717, 1.165) is 0 Å². The quantitative estimate of drug-likeness (QED) is 0.0710. The van der Waals surface area contributed by atoms with Gasteiger partial charge in [-0.1, -0.05) is 0 Å². The van der Waals surface area contributed by atoms with Crippen molar-refractivity contribution in [3.05, 3.63) is 0 Å². The molecule has 0 saturated heterocycles. The lowest BCUT2D eigenvalue weighted by molar-refractivity contribution is -0.141. The summed E-state index contributed by atoms with van der Waals surface area (Å²) < 4.78 is 0. The summed E-state index contributed by atoms with van der Waals surface area (Å²) in [7, 11) is 0. The molecule has 2 atom stereocenters. The summed E-state index contributed by atoms with van der Waals surface area (Å²) in [6.07, 6.45) is 0.502. The van der Waals surface area contributed by atoms with Crippen LogP contribution in [0.1, 0.15) is 12.8 Å². The molecule has 12 nitrogen and oxygen atoms in total. The summed E-state index contributed by atoms with van der Waals surface area (Å²) in [6, 6.07) is -2.24. The summed E-state index contributed by atoms with van der Waals surface area (Å²) >= 11 is 3.86. The fourth-order valence-corrected chi connectivity index (χ4v) is 1.97. The van der Waals surface area contributed by atoms with Crippen molar-refractivity contribution < 1.29 is 24.3 Å². The number of guanidine groups is 1. The largest absolute Gasteiger partial charge is 0.480 e. The van der Waals surface area contributed by atoms with E-state index >= 15 is 0 Å². The summed E-state index contributed by atoms with van der Waals surface area (Å²) in [4.78, 5) is 49.9. The molecule has 0 heterocycles. The van der Waals surface area contributed by atoms with Gasteiger partial charge in [-0.25, -0.2) is 4.79 Å². The fourth-order valence-electron chi connectivity index (χ4n) is 1.73. The molecule has 10 N–H and O–H groups in total. The third-order valence-corrected chi connectivity index (χ3v) is 3.39. The Labute approximate surface area is 155 Å². The predicted molar refractivity (Wildman–Crippen MR) is 97.3 cm³/mol. The molecule has 0 radical (unpaired) electrons. The van der Waals surface area contributed by atoms with Gasteiger partial charge in [0.15, 0.2) is 5.96 Å². The number of carboxylic acid groups (broad SMARTS) is 1. The highest BCUT2D eigenvalue weighted by atomic mass is 32.1. The number of amides is 3. The Bertz CT molecular complexity index is 539. The fraction of sp³-hybridized carbons (Fsp3) is 0.615. The molecule has 2 unspecified atom stereocenters. The molecule has 0 aromatic rings. The van der Waals surface area contributed by atoms with Crippen LogP contribution >= 0.6 is 12.6 Å². The molecule has 0 bridgehead atoms. The Hall–Kier alpha value is -2.54. The molecule has 3 amide bonds. The predicted octanol–water partition coefficient (Wildman–Crippen LogP) is -3.90. The van der Waals surface area contributed by atoms with Gasteiger partial charge in [0.05, 0.1) is 13.1 Å². The lowest BCUT2D eigenvalue weighted by Crippen LogP contribution is -2.53. The molecule has 148 valence electrons. The SMILES string of the molecule is NCC(=O)NCC(=O)NC(CCCN=C(N)N)C(=O)NC(CS)C(=O)O. The van der Waals surface area contributed by atoms with Gasteiger partial charge in [-0.05, 0) is 12.8 Å². The average molecular weight is 391 g/mol. The summed E-state index contributed by atoms with van der Waals surface area (Å²) in [5, 5.41) is 15.9. The van der Waals surface area contributed by atoms with Crippen LogP contribution in [0.4, 0.5) is 0 Å². The molecule has 0 aliphatic rings. The third-order valence-electron chi connectivity index (χ3n) is 3.03. The van der Waals surface area contributed by atoms with Gasteiger partial charge in [0.1, 0.15) is 12.1 Å². The molecule has 0 rings (SSSR count). The zero-order valence-corrected chi connectivity index (χ0v) is 15.0. The van der Waals surface area contributed by atoms with Crippen LogP contribution in [0.3, 0.4) is 0 Å². The van der Waals surface area contributed by atoms with Crippen LogP contribution in [0.25, 0.3) is 0 Å². The second-order valence-corrected chi connectivity index (χ2v) is 5.50. The Morgan fingerprint density at radius 2 is 1.73 bits per heavy atom. The van der Waals surface area contributed by atoms with Crippen LogP contribution in [0, 0.1) is 0 Å². The van der Waals surface area contributed by atoms with E-state index < -0.39 is 35.8 Å². The van der Waals surface area contributed by atoms with Gasteiger partial charge < -0.3 is 38.3 Å². The molecule has 0 aromatic carbocycles. The van der Waals surface area contributed by atoms with E-state index in [1.54, 1.807) is 0 Å². The van der Waals surface area contributed by atoms with Crippen molar-refractivity contribution in [3.63, 3.8) is 0 Å². The highest BCUT2D eigenvalue weighted by molar-refractivity contribution is 7.80. The van der Waals surface area contributed by atoms with Crippen molar-refractivity contribution >= 4 is 42.3 Å². The maximum Gasteiger partial charge on any atom is 0.327 e. The minimum absolute atomic E-state index is 0.111. The van der Waals surface area contributed by atoms with E-state index in [-0.39, 0.29) is 37.8 Å². The molecule has 0 aromatic heterocycles. The topological polar surface area (TPSA) is 215 Å². The molecule has 0 spiro atoms. The van der Waals surface area contributed by atoms with Crippen LogP contribution in [0.2, 0.25) is 0 Å². The first-order valence-electron chi connectivity index (χ1n) is 7.66. The van der Waals surface area contributed by atoms with Crippen LogP contribution in [-0.4, -0.2) is 72.2 Å². The monoisotopic (exact) mass is 391 g/mol. The zero-order chi connectivity index (χ0) is 20.1. The number of rotatable bonds is 12. The van der Waals surface area contributed by atoms with E-state index in [1.165, 1.54) is 0 Å². The smallest absolute Gasteiger partial charge is 0.327 e. The van der Waals surface area contributed by atoms with E-state index in [9.17, 15) is 19.2 Å². The second kappa shape index (κ2) is 12.8. The van der Waals surface area contributed by atoms with Gasteiger partial charge in [-0.2, -0.15) is 12.6 Å². The maximum atomic E-state index is 12.3.